The lowest BCUT2D eigenvalue weighted by Gasteiger charge is -1.99. The van der Waals surface area contributed by atoms with E-state index >= 15 is 0 Å². The number of aryl methyl sites for hydroxylation is 1. The van der Waals surface area contributed by atoms with Gasteiger partial charge < -0.3 is 0 Å². The van der Waals surface area contributed by atoms with Crippen LogP contribution in [0.3, 0.4) is 0 Å². The summed E-state index contributed by atoms with van der Waals surface area (Å²) >= 11 is 2.74. The van der Waals surface area contributed by atoms with Crippen LogP contribution in [-0.4, -0.2) is 33.1 Å². The van der Waals surface area contributed by atoms with E-state index in [1.54, 1.807) is 12.4 Å². The van der Waals surface area contributed by atoms with E-state index < -0.39 is 0 Å². The molecular formula is C17H15N5OS2. The van der Waals surface area contributed by atoms with Crippen LogP contribution >= 0.6 is 23.1 Å². The average molecular weight is 369 g/mol. The largest absolute Gasteiger partial charge is 0.272 e. The Morgan fingerprint density at radius 2 is 2.08 bits per heavy atom. The van der Waals surface area contributed by atoms with E-state index in [-0.39, 0.29) is 11.7 Å². The molecule has 2 heterocycles. The number of hydrazone groups is 1. The molecule has 0 saturated heterocycles. The first-order valence-electron chi connectivity index (χ1n) is 7.47. The van der Waals surface area contributed by atoms with E-state index in [1.807, 2.05) is 49.4 Å². The van der Waals surface area contributed by atoms with E-state index in [9.17, 15) is 4.79 Å². The van der Waals surface area contributed by atoms with Crippen LogP contribution in [0.2, 0.25) is 0 Å². The van der Waals surface area contributed by atoms with Gasteiger partial charge in [0, 0.05) is 6.20 Å². The summed E-state index contributed by atoms with van der Waals surface area (Å²) in [7, 11) is 0. The summed E-state index contributed by atoms with van der Waals surface area (Å²) in [6.45, 7) is 1.99. The second-order valence-corrected chi connectivity index (χ2v) is 7.23. The number of thioether (sulfide) groups is 1. The van der Waals surface area contributed by atoms with Crippen LogP contribution in [0.5, 0.6) is 0 Å². The fourth-order valence-corrected chi connectivity index (χ4v) is 3.55. The standard InChI is InChI=1S/C17H15N5OS2/c1-12-6-2-3-7-13(12)10-19-20-15(23)11-24-17-22-21-16(25-17)14-8-4-5-9-18-14/h2-10H,11H2,1H3,(H,20,23)/b19-10-. The molecule has 0 fully saturated rings. The molecule has 0 aliphatic heterocycles. The number of nitrogens with zero attached hydrogens (tertiary/aromatic N) is 4. The molecule has 0 aliphatic rings. The molecule has 0 atom stereocenters. The van der Waals surface area contributed by atoms with Gasteiger partial charge in [0.2, 0.25) is 0 Å². The molecule has 25 heavy (non-hydrogen) atoms. The molecule has 126 valence electrons. The number of hydrogen-bond acceptors (Lipinski definition) is 7. The first kappa shape index (κ1) is 17.2. The third kappa shape index (κ3) is 4.94. The molecule has 0 radical (unpaired) electrons. The van der Waals surface area contributed by atoms with Crippen molar-refractivity contribution in [3.8, 4) is 10.7 Å². The summed E-state index contributed by atoms with van der Waals surface area (Å²) in [4.78, 5) is 16.1. The molecule has 1 aromatic carbocycles. The normalized spacial score (nSPS) is 10.9. The minimum Gasteiger partial charge on any atom is -0.272 e. The third-order valence-electron chi connectivity index (χ3n) is 3.20. The summed E-state index contributed by atoms with van der Waals surface area (Å²) in [5.41, 5.74) is 5.37. The monoisotopic (exact) mass is 369 g/mol. The summed E-state index contributed by atoms with van der Waals surface area (Å²) in [5, 5.41) is 12.9. The van der Waals surface area contributed by atoms with Crippen LogP contribution in [0, 0.1) is 6.92 Å². The van der Waals surface area contributed by atoms with Crippen LogP contribution in [0.15, 0.2) is 58.1 Å². The maximum Gasteiger partial charge on any atom is 0.250 e. The topological polar surface area (TPSA) is 80.1 Å². The van der Waals surface area contributed by atoms with Gasteiger partial charge in [-0.1, -0.05) is 53.4 Å². The summed E-state index contributed by atoms with van der Waals surface area (Å²) in [5.74, 6) is 0.0338. The summed E-state index contributed by atoms with van der Waals surface area (Å²) in [6.07, 6.45) is 3.35. The molecule has 6 nitrogen and oxygen atoms in total. The van der Waals surface area contributed by atoms with Gasteiger partial charge in [0.15, 0.2) is 9.35 Å². The fourth-order valence-electron chi connectivity index (χ4n) is 1.93. The molecule has 1 N–H and O–H groups in total. The van der Waals surface area contributed by atoms with E-state index in [4.69, 9.17) is 0 Å². The van der Waals surface area contributed by atoms with Gasteiger partial charge in [-0.3, -0.25) is 9.78 Å². The lowest BCUT2D eigenvalue weighted by Crippen LogP contribution is -2.19. The first-order valence-corrected chi connectivity index (χ1v) is 9.28. The maximum atomic E-state index is 11.9. The minimum absolute atomic E-state index is 0.190. The Bertz CT molecular complexity index is 880. The number of benzene rings is 1. The predicted octanol–water partition coefficient (Wildman–Crippen LogP) is 3.15. The lowest BCUT2D eigenvalue weighted by atomic mass is 10.1. The lowest BCUT2D eigenvalue weighted by molar-refractivity contribution is -0.118. The number of nitrogens with one attached hydrogen (secondary N) is 1. The molecule has 3 rings (SSSR count). The van der Waals surface area contributed by atoms with Gasteiger partial charge in [-0.05, 0) is 30.2 Å². The Labute approximate surface area is 153 Å². The highest BCUT2D eigenvalue weighted by Gasteiger charge is 2.09. The quantitative estimate of drug-likeness (QED) is 0.410. The Kier molecular flexibility index (Phi) is 5.86. The van der Waals surface area contributed by atoms with E-state index in [0.29, 0.717) is 0 Å². The van der Waals surface area contributed by atoms with Crippen LogP contribution in [0.25, 0.3) is 10.7 Å². The predicted molar refractivity (Wildman–Crippen MR) is 101 cm³/mol. The third-order valence-corrected chi connectivity index (χ3v) is 5.28. The highest BCUT2D eigenvalue weighted by molar-refractivity contribution is 8.01. The van der Waals surface area contributed by atoms with Gasteiger partial charge in [-0.25, -0.2) is 5.43 Å². The molecule has 2 aromatic heterocycles. The average Bonchev–Trinajstić information content (AvgIpc) is 3.11. The number of rotatable bonds is 6. The zero-order chi connectivity index (χ0) is 17.5. The molecule has 0 unspecified atom stereocenters. The molecule has 3 aromatic rings. The fraction of sp³-hybridized carbons (Fsp3) is 0.118. The minimum atomic E-state index is -0.190. The van der Waals surface area contributed by atoms with Crippen molar-refractivity contribution in [1.29, 1.82) is 0 Å². The number of pyridine rings is 1. The summed E-state index contributed by atoms with van der Waals surface area (Å²) < 4.78 is 0.721. The Hall–Kier alpha value is -2.58. The van der Waals surface area contributed by atoms with E-state index in [0.717, 1.165) is 26.2 Å². The molecule has 1 amide bonds. The van der Waals surface area contributed by atoms with Crippen LogP contribution in [0.1, 0.15) is 11.1 Å². The van der Waals surface area contributed by atoms with Crippen molar-refractivity contribution in [2.24, 2.45) is 5.10 Å². The Morgan fingerprint density at radius 1 is 1.24 bits per heavy atom. The Morgan fingerprint density at radius 3 is 2.88 bits per heavy atom. The zero-order valence-electron chi connectivity index (χ0n) is 13.4. The van der Waals surface area contributed by atoms with E-state index in [2.05, 4.69) is 25.7 Å². The van der Waals surface area contributed by atoms with Crippen LogP contribution < -0.4 is 5.43 Å². The van der Waals surface area contributed by atoms with Crippen molar-refractivity contribution in [3.63, 3.8) is 0 Å². The number of carbonyl (C=O) groups is 1. The SMILES string of the molecule is Cc1ccccc1/C=N\NC(=O)CSc1nnc(-c2ccccn2)s1. The molecule has 0 spiro atoms. The number of amides is 1. The molecule has 0 saturated carbocycles. The van der Waals surface area contributed by atoms with Crippen molar-refractivity contribution in [2.75, 3.05) is 5.75 Å². The van der Waals surface area contributed by atoms with Gasteiger partial charge >= 0.3 is 0 Å². The highest BCUT2D eigenvalue weighted by Crippen LogP contribution is 2.27. The zero-order valence-corrected chi connectivity index (χ0v) is 15.0. The van der Waals surface area contributed by atoms with Crippen molar-refractivity contribution >= 4 is 35.2 Å². The van der Waals surface area contributed by atoms with Crippen LogP contribution in [-0.2, 0) is 4.79 Å². The molecule has 8 heteroatoms. The molecule has 0 bridgehead atoms. The van der Waals surface area contributed by atoms with Crippen molar-refractivity contribution in [2.45, 2.75) is 11.3 Å². The summed E-state index contributed by atoms with van der Waals surface area (Å²) in [6, 6.07) is 13.5. The van der Waals surface area contributed by atoms with Gasteiger partial charge in [0.1, 0.15) is 5.69 Å². The Balaban J connectivity index is 1.50. The maximum absolute atomic E-state index is 11.9. The molecular weight excluding hydrogens is 354 g/mol. The van der Waals surface area contributed by atoms with Gasteiger partial charge in [0.25, 0.3) is 5.91 Å². The van der Waals surface area contributed by atoms with Crippen molar-refractivity contribution < 1.29 is 4.79 Å². The van der Waals surface area contributed by atoms with Gasteiger partial charge in [-0.15, -0.1) is 10.2 Å². The van der Waals surface area contributed by atoms with Gasteiger partial charge in [-0.2, -0.15) is 5.10 Å². The van der Waals surface area contributed by atoms with Gasteiger partial charge in [0.05, 0.1) is 12.0 Å². The number of aromatic nitrogens is 3. The molecule has 0 aliphatic carbocycles. The first-order chi connectivity index (χ1) is 12.2. The number of hydrogen-bond donors (Lipinski definition) is 1. The van der Waals surface area contributed by atoms with Crippen molar-refractivity contribution in [3.05, 3.63) is 59.8 Å². The van der Waals surface area contributed by atoms with Crippen molar-refractivity contribution in [1.82, 2.24) is 20.6 Å². The van der Waals surface area contributed by atoms with E-state index in [1.165, 1.54) is 23.1 Å². The highest BCUT2D eigenvalue weighted by atomic mass is 32.2. The second kappa shape index (κ2) is 8.50. The van der Waals surface area contributed by atoms with Crippen LogP contribution in [0.4, 0.5) is 0 Å². The second-order valence-electron chi connectivity index (χ2n) is 5.03. The smallest absolute Gasteiger partial charge is 0.250 e. The number of carbonyl (C=O) groups excluding carboxylic acids is 1.